The van der Waals surface area contributed by atoms with E-state index < -0.39 is 0 Å². The number of ether oxygens (including phenoxy) is 1. The van der Waals surface area contributed by atoms with Gasteiger partial charge in [-0.25, -0.2) is 4.98 Å². The Bertz CT molecular complexity index is 301. The van der Waals surface area contributed by atoms with E-state index in [9.17, 15) is 0 Å². The second-order valence-corrected chi connectivity index (χ2v) is 3.77. The molecule has 1 N–H and O–H groups in total. The molecule has 1 rings (SSSR count). The lowest BCUT2D eigenvalue weighted by atomic mass is 9.95. The molecule has 0 aromatic carbocycles. The summed E-state index contributed by atoms with van der Waals surface area (Å²) >= 11 is 0. The average Bonchev–Trinajstić information content (AvgIpc) is 2.28. The number of nitrogens with zero attached hydrogens (tertiary/aromatic N) is 1. The molecule has 0 bridgehead atoms. The molecule has 2 atom stereocenters. The van der Waals surface area contributed by atoms with Crippen LogP contribution in [0.3, 0.4) is 0 Å². The number of aromatic nitrogens is 1. The highest BCUT2D eigenvalue weighted by atomic mass is 16.5. The molecule has 0 fully saturated rings. The molecule has 3 nitrogen and oxygen atoms in total. The van der Waals surface area contributed by atoms with E-state index in [1.54, 1.807) is 13.3 Å². The summed E-state index contributed by atoms with van der Waals surface area (Å²) in [7, 11) is 1.64. The predicted octanol–water partition coefficient (Wildman–Crippen LogP) is 2.19. The fourth-order valence-electron chi connectivity index (χ4n) is 1.61. The molecule has 1 aromatic heterocycles. The minimum Gasteiger partial charge on any atom is -0.481 e. The fourth-order valence-corrected chi connectivity index (χ4v) is 1.61. The second-order valence-electron chi connectivity index (χ2n) is 3.77. The van der Waals surface area contributed by atoms with Crippen LogP contribution in [0.15, 0.2) is 18.3 Å². The number of likely N-dealkylation sites (N-methyl/N-ethyl adjacent to an activating group) is 1. The molecule has 84 valence electrons. The van der Waals surface area contributed by atoms with Gasteiger partial charge in [-0.15, -0.1) is 0 Å². The Hall–Kier alpha value is -1.09. The van der Waals surface area contributed by atoms with Crippen LogP contribution < -0.4 is 10.1 Å². The van der Waals surface area contributed by atoms with Crippen LogP contribution in [0.2, 0.25) is 0 Å². The van der Waals surface area contributed by atoms with Crippen molar-refractivity contribution in [2.24, 2.45) is 0 Å². The van der Waals surface area contributed by atoms with Crippen LogP contribution in [0.25, 0.3) is 0 Å². The van der Waals surface area contributed by atoms with E-state index in [0.29, 0.717) is 17.8 Å². The first-order chi connectivity index (χ1) is 7.19. The first kappa shape index (κ1) is 12.0. The number of pyridine rings is 1. The summed E-state index contributed by atoms with van der Waals surface area (Å²) in [5.74, 6) is 1.14. The SMILES string of the molecule is CCNC(C)C(C)c1ccnc(OC)c1. The fraction of sp³-hybridized carbons (Fsp3) is 0.583. The smallest absolute Gasteiger partial charge is 0.213 e. The van der Waals surface area contributed by atoms with Gasteiger partial charge in [-0.2, -0.15) is 0 Å². The van der Waals surface area contributed by atoms with Crippen LogP contribution in [0.1, 0.15) is 32.3 Å². The molecular formula is C12H20N2O. The quantitative estimate of drug-likeness (QED) is 0.805. The van der Waals surface area contributed by atoms with Crippen LogP contribution in [0.4, 0.5) is 0 Å². The largest absolute Gasteiger partial charge is 0.481 e. The Kier molecular flexibility index (Phi) is 4.56. The van der Waals surface area contributed by atoms with E-state index >= 15 is 0 Å². The average molecular weight is 208 g/mol. The number of nitrogens with one attached hydrogen (secondary N) is 1. The van der Waals surface area contributed by atoms with Crippen molar-refractivity contribution in [1.82, 2.24) is 10.3 Å². The van der Waals surface area contributed by atoms with Crippen molar-refractivity contribution in [3.8, 4) is 5.88 Å². The summed E-state index contributed by atoms with van der Waals surface area (Å²) in [4.78, 5) is 4.10. The monoisotopic (exact) mass is 208 g/mol. The maximum Gasteiger partial charge on any atom is 0.213 e. The van der Waals surface area contributed by atoms with Crippen LogP contribution in [-0.2, 0) is 0 Å². The molecule has 0 saturated heterocycles. The van der Waals surface area contributed by atoms with Crippen molar-refractivity contribution < 1.29 is 4.74 Å². The minimum absolute atomic E-state index is 0.460. The molecule has 0 aliphatic rings. The van der Waals surface area contributed by atoms with Gasteiger partial charge in [-0.3, -0.25) is 0 Å². The highest BCUT2D eigenvalue weighted by Gasteiger charge is 2.13. The van der Waals surface area contributed by atoms with Gasteiger partial charge in [0.15, 0.2) is 0 Å². The van der Waals surface area contributed by atoms with E-state index in [0.717, 1.165) is 6.54 Å². The van der Waals surface area contributed by atoms with Gasteiger partial charge in [0.1, 0.15) is 0 Å². The van der Waals surface area contributed by atoms with Gasteiger partial charge in [-0.1, -0.05) is 13.8 Å². The van der Waals surface area contributed by atoms with Gasteiger partial charge < -0.3 is 10.1 Å². The summed E-state index contributed by atoms with van der Waals surface area (Å²) in [5.41, 5.74) is 1.26. The zero-order valence-electron chi connectivity index (χ0n) is 9.95. The molecule has 1 heterocycles. The van der Waals surface area contributed by atoms with E-state index in [2.05, 4.69) is 31.1 Å². The Balaban J connectivity index is 2.76. The van der Waals surface area contributed by atoms with Gasteiger partial charge in [0.2, 0.25) is 5.88 Å². The third-order valence-corrected chi connectivity index (χ3v) is 2.77. The van der Waals surface area contributed by atoms with Crippen molar-refractivity contribution >= 4 is 0 Å². The maximum absolute atomic E-state index is 5.11. The summed E-state index contributed by atoms with van der Waals surface area (Å²) in [6.45, 7) is 7.52. The van der Waals surface area contributed by atoms with E-state index in [-0.39, 0.29) is 0 Å². The van der Waals surface area contributed by atoms with Gasteiger partial charge in [0.25, 0.3) is 0 Å². The topological polar surface area (TPSA) is 34.2 Å². The third-order valence-electron chi connectivity index (χ3n) is 2.77. The molecule has 0 saturated carbocycles. The zero-order valence-corrected chi connectivity index (χ0v) is 9.95. The van der Waals surface area contributed by atoms with Gasteiger partial charge >= 0.3 is 0 Å². The van der Waals surface area contributed by atoms with Crippen molar-refractivity contribution in [2.75, 3.05) is 13.7 Å². The van der Waals surface area contributed by atoms with Crippen LogP contribution in [0.5, 0.6) is 5.88 Å². The number of hydrogen-bond acceptors (Lipinski definition) is 3. The highest BCUT2D eigenvalue weighted by Crippen LogP contribution is 2.21. The van der Waals surface area contributed by atoms with E-state index in [4.69, 9.17) is 4.74 Å². The second kappa shape index (κ2) is 5.71. The first-order valence-electron chi connectivity index (χ1n) is 5.42. The number of hydrogen-bond donors (Lipinski definition) is 1. The summed E-state index contributed by atoms with van der Waals surface area (Å²) in [5, 5.41) is 3.42. The Morgan fingerprint density at radius 2 is 2.20 bits per heavy atom. The molecule has 0 radical (unpaired) electrons. The van der Waals surface area contributed by atoms with Gasteiger partial charge in [0.05, 0.1) is 7.11 Å². The van der Waals surface area contributed by atoms with Gasteiger partial charge in [-0.05, 0) is 31.0 Å². The van der Waals surface area contributed by atoms with Crippen molar-refractivity contribution in [2.45, 2.75) is 32.7 Å². The predicted molar refractivity (Wildman–Crippen MR) is 62.3 cm³/mol. The standard InChI is InChI=1S/C12H20N2O/c1-5-13-10(3)9(2)11-6-7-14-12(8-11)15-4/h6-10,13H,5H2,1-4H3. The molecule has 0 amide bonds. The summed E-state index contributed by atoms with van der Waals surface area (Å²) in [6, 6.07) is 4.50. The van der Waals surface area contributed by atoms with Crippen LogP contribution >= 0.6 is 0 Å². The molecule has 0 aliphatic carbocycles. The highest BCUT2D eigenvalue weighted by molar-refractivity contribution is 5.24. The van der Waals surface area contributed by atoms with Crippen molar-refractivity contribution in [3.63, 3.8) is 0 Å². The van der Waals surface area contributed by atoms with Crippen LogP contribution in [0, 0.1) is 0 Å². The van der Waals surface area contributed by atoms with E-state index in [1.165, 1.54) is 5.56 Å². The summed E-state index contributed by atoms with van der Waals surface area (Å²) < 4.78 is 5.11. The Morgan fingerprint density at radius 1 is 1.47 bits per heavy atom. The van der Waals surface area contributed by atoms with Crippen LogP contribution in [-0.4, -0.2) is 24.7 Å². The number of rotatable bonds is 5. The van der Waals surface area contributed by atoms with Crippen molar-refractivity contribution in [1.29, 1.82) is 0 Å². The molecular weight excluding hydrogens is 188 g/mol. The zero-order chi connectivity index (χ0) is 11.3. The molecule has 0 aliphatic heterocycles. The molecule has 3 heteroatoms. The lowest BCUT2D eigenvalue weighted by molar-refractivity contribution is 0.395. The normalized spacial score (nSPS) is 14.7. The van der Waals surface area contributed by atoms with E-state index in [1.807, 2.05) is 12.1 Å². The van der Waals surface area contributed by atoms with Crippen molar-refractivity contribution in [3.05, 3.63) is 23.9 Å². The first-order valence-corrected chi connectivity index (χ1v) is 5.42. The minimum atomic E-state index is 0.460. The molecule has 0 spiro atoms. The lowest BCUT2D eigenvalue weighted by Gasteiger charge is -2.21. The number of methoxy groups -OCH3 is 1. The Morgan fingerprint density at radius 3 is 2.80 bits per heavy atom. The molecule has 15 heavy (non-hydrogen) atoms. The maximum atomic E-state index is 5.11. The molecule has 2 unspecified atom stereocenters. The third kappa shape index (κ3) is 3.20. The van der Waals surface area contributed by atoms with Gasteiger partial charge in [0, 0.05) is 18.3 Å². The lowest BCUT2D eigenvalue weighted by Crippen LogP contribution is -2.30. The Labute approximate surface area is 91.9 Å². The summed E-state index contributed by atoms with van der Waals surface area (Å²) in [6.07, 6.45) is 1.79. The molecule has 1 aromatic rings.